The number of benzene rings is 2. The van der Waals surface area contributed by atoms with E-state index < -0.39 is 0 Å². The summed E-state index contributed by atoms with van der Waals surface area (Å²) in [6.07, 6.45) is 2.14. The van der Waals surface area contributed by atoms with Gasteiger partial charge in [0.15, 0.2) is 11.5 Å². The largest absolute Gasteiger partial charge is 0.493 e. The lowest BCUT2D eigenvalue weighted by Gasteiger charge is -2.24. The van der Waals surface area contributed by atoms with Gasteiger partial charge in [-0.25, -0.2) is 0 Å². The highest BCUT2D eigenvalue weighted by molar-refractivity contribution is 14.1. The van der Waals surface area contributed by atoms with E-state index in [-0.39, 0.29) is 5.91 Å². The molecule has 0 unspecified atom stereocenters. The van der Waals surface area contributed by atoms with Crippen molar-refractivity contribution in [2.45, 2.75) is 25.4 Å². The van der Waals surface area contributed by atoms with Crippen molar-refractivity contribution in [2.75, 3.05) is 14.2 Å². The van der Waals surface area contributed by atoms with Gasteiger partial charge in [-0.15, -0.1) is 0 Å². The molecule has 0 atom stereocenters. The highest BCUT2D eigenvalue weighted by atomic mass is 127. The van der Waals surface area contributed by atoms with E-state index in [4.69, 9.17) is 9.47 Å². The van der Waals surface area contributed by atoms with Crippen LogP contribution in [-0.4, -0.2) is 31.1 Å². The molecule has 0 aliphatic heterocycles. The van der Waals surface area contributed by atoms with Crippen LogP contribution in [0.4, 0.5) is 0 Å². The van der Waals surface area contributed by atoms with Crippen LogP contribution in [0, 0.1) is 3.57 Å². The summed E-state index contributed by atoms with van der Waals surface area (Å²) in [6, 6.07) is 14.1. The van der Waals surface area contributed by atoms with Crippen LogP contribution in [0.15, 0.2) is 42.5 Å². The third kappa shape index (κ3) is 3.66. The minimum atomic E-state index is 0.0479. The Labute approximate surface area is 155 Å². The monoisotopic (exact) mass is 437 g/mol. The lowest BCUT2D eigenvalue weighted by molar-refractivity contribution is 0.0728. The zero-order valence-corrected chi connectivity index (χ0v) is 15.9. The predicted octanol–water partition coefficient (Wildman–Crippen LogP) is 4.11. The summed E-state index contributed by atoms with van der Waals surface area (Å²) in [5.74, 6) is 1.27. The Hall–Kier alpha value is -1.76. The average molecular weight is 437 g/mol. The number of halogens is 1. The number of carbonyl (C=O) groups is 1. The normalized spacial score (nSPS) is 13.5. The number of amides is 1. The molecule has 0 bridgehead atoms. The third-order valence-electron chi connectivity index (χ3n) is 4.15. The van der Waals surface area contributed by atoms with Gasteiger partial charge in [0.1, 0.15) is 0 Å². The van der Waals surface area contributed by atoms with Crippen molar-refractivity contribution >= 4 is 28.5 Å². The number of ether oxygens (including phenoxy) is 2. The second-order valence-corrected chi connectivity index (χ2v) is 7.00. The number of hydrogen-bond donors (Lipinski definition) is 0. The van der Waals surface area contributed by atoms with Crippen LogP contribution in [0.3, 0.4) is 0 Å². The smallest absolute Gasteiger partial charge is 0.255 e. The topological polar surface area (TPSA) is 38.8 Å². The Morgan fingerprint density at radius 2 is 1.75 bits per heavy atom. The Balaban J connectivity index is 1.90. The zero-order valence-electron chi connectivity index (χ0n) is 13.8. The van der Waals surface area contributed by atoms with E-state index in [1.54, 1.807) is 20.3 Å². The molecule has 126 valence electrons. The molecule has 5 heteroatoms. The van der Waals surface area contributed by atoms with Crippen molar-refractivity contribution in [3.63, 3.8) is 0 Å². The van der Waals surface area contributed by atoms with E-state index >= 15 is 0 Å². The molecule has 0 saturated heterocycles. The van der Waals surface area contributed by atoms with Crippen molar-refractivity contribution in [2.24, 2.45) is 0 Å². The lowest BCUT2D eigenvalue weighted by atomic mass is 10.1. The Morgan fingerprint density at radius 3 is 2.33 bits per heavy atom. The van der Waals surface area contributed by atoms with Gasteiger partial charge < -0.3 is 14.4 Å². The summed E-state index contributed by atoms with van der Waals surface area (Å²) in [7, 11) is 3.18. The molecule has 4 nitrogen and oxygen atoms in total. The first-order chi connectivity index (χ1) is 11.6. The molecule has 2 aromatic rings. The van der Waals surface area contributed by atoms with Crippen LogP contribution in [0.2, 0.25) is 0 Å². The molecular formula is C19H20INO3. The van der Waals surface area contributed by atoms with Gasteiger partial charge in [-0.2, -0.15) is 0 Å². The second-order valence-electron chi connectivity index (χ2n) is 5.84. The summed E-state index contributed by atoms with van der Waals surface area (Å²) in [5.41, 5.74) is 1.81. The molecule has 1 fully saturated rings. The molecule has 1 amide bonds. The molecule has 0 aromatic heterocycles. The number of rotatable bonds is 6. The first kappa shape index (κ1) is 17.1. The molecule has 3 rings (SSSR count). The standard InChI is InChI=1S/C19H20INO3/c1-23-17-10-15(16(20)11-18(17)24-2)19(22)21(14-8-9-14)12-13-6-4-3-5-7-13/h3-7,10-11,14H,8-9,12H2,1-2H3. The highest BCUT2D eigenvalue weighted by Crippen LogP contribution is 2.35. The van der Waals surface area contributed by atoms with E-state index in [1.165, 1.54) is 0 Å². The van der Waals surface area contributed by atoms with Gasteiger partial charge in [0, 0.05) is 16.2 Å². The highest BCUT2D eigenvalue weighted by Gasteiger charge is 2.34. The maximum absolute atomic E-state index is 13.1. The van der Waals surface area contributed by atoms with Crippen molar-refractivity contribution < 1.29 is 14.3 Å². The summed E-state index contributed by atoms with van der Waals surface area (Å²) >= 11 is 2.18. The van der Waals surface area contributed by atoms with E-state index in [1.807, 2.05) is 29.2 Å². The number of hydrogen-bond acceptors (Lipinski definition) is 3. The Bertz CT molecular complexity index is 729. The molecule has 1 aliphatic carbocycles. The maximum Gasteiger partial charge on any atom is 0.255 e. The summed E-state index contributed by atoms with van der Waals surface area (Å²) in [4.78, 5) is 15.1. The van der Waals surface area contributed by atoms with Crippen LogP contribution in [0.25, 0.3) is 0 Å². The fourth-order valence-electron chi connectivity index (χ4n) is 2.71. The first-order valence-electron chi connectivity index (χ1n) is 7.90. The minimum absolute atomic E-state index is 0.0479. The molecule has 1 aliphatic rings. The molecule has 0 N–H and O–H groups in total. The number of methoxy groups -OCH3 is 2. The van der Waals surface area contributed by atoms with Crippen molar-refractivity contribution in [1.29, 1.82) is 0 Å². The average Bonchev–Trinajstić information content (AvgIpc) is 3.44. The van der Waals surface area contributed by atoms with Gasteiger partial charge in [-0.05, 0) is 53.1 Å². The molecule has 1 saturated carbocycles. The van der Waals surface area contributed by atoms with Gasteiger partial charge in [0.25, 0.3) is 5.91 Å². The van der Waals surface area contributed by atoms with Gasteiger partial charge in [-0.3, -0.25) is 4.79 Å². The van der Waals surface area contributed by atoms with E-state index in [9.17, 15) is 4.79 Å². The number of carbonyl (C=O) groups excluding carboxylic acids is 1. The maximum atomic E-state index is 13.1. The second kappa shape index (κ2) is 7.42. The summed E-state index contributed by atoms with van der Waals surface area (Å²) in [6.45, 7) is 0.634. The van der Waals surface area contributed by atoms with Crippen LogP contribution in [-0.2, 0) is 6.54 Å². The molecule has 0 spiro atoms. The van der Waals surface area contributed by atoms with E-state index in [0.717, 1.165) is 22.0 Å². The quantitative estimate of drug-likeness (QED) is 0.639. The lowest BCUT2D eigenvalue weighted by Crippen LogP contribution is -2.33. The van der Waals surface area contributed by atoms with Crippen LogP contribution in [0.5, 0.6) is 11.5 Å². The summed E-state index contributed by atoms with van der Waals surface area (Å²) in [5, 5.41) is 0. The van der Waals surface area contributed by atoms with Crippen molar-refractivity contribution in [3.05, 3.63) is 57.2 Å². The van der Waals surface area contributed by atoms with Gasteiger partial charge in [0.2, 0.25) is 0 Å². The molecule has 0 heterocycles. The third-order valence-corrected chi connectivity index (χ3v) is 5.04. The van der Waals surface area contributed by atoms with Crippen LogP contribution < -0.4 is 9.47 Å². The fourth-order valence-corrected chi connectivity index (χ4v) is 3.38. The minimum Gasteiger partial charge on any atom is -0.493 e. The summed E-state index contributed by atoms with van der Waals surface area (Å²) < 4.78 is 11.5. The Morgan fingerprint density at radius 1 is 1.12 bits per heavy atom. The molecule has 2 aromatic carbocycles. The molecule has 0 radical (unpaired) electrons. The predicted molar refractivity (Wildman–Crippen MR) is 102 cm³/mol. The SMILES string of the molecule is COc1cc(I)c(C(=O)N(Cc2ccccc2)C2CC2)cc1OC. The van der Waals surface area contributed by atoms with Crippen molar-refractivity contribution in [3.8, 4) is 11.5 Å². The van der Waals surface area contributed by atoms with Gasteiger partial charge >= 0.3 is 0 Å². The number of nitrogens with zero attached hydrogens (tertiary/aromatic N) is 1. The van der Waals surface area contributed by atoms with E-state index in [0.29, 0.717) is 29.6 Å². The van der Waals surface area contributed by atoms with Crippen LogP contribution in [0.1, 0.15) is 28.8 Å². The van der Waals surface area contributed by atoms with Crippen LogP contribution >= 0.6 is 22.6 Å². The Kier molecular flexibility index (Phi) is 5.28. The van der Waals surface area contributed by atoms with Gasteiger partial charge in [0.05, 0.1) is 19.8 Å². The molecule has 24 heavy (non-hydrogen) atoms. The van der Waals surface area contributed by atoms with Gasteiger partial charge in [-0.1, -0.05) is 30.3 Å². The molecular weight excluding hydrogens is 417 g/mol. The zero-order chi connectivity index (χ0) is 17.1. The van der Waals surface area contributed by atoms with E-state index in [2.05, 4.69) is 34.7 Å². The first-order valence-corrected chi connectivity index (χ1v) is 8.98. The fraction of sp³-hybridized carbons (Fsp3) is 0.316. The van der Waals surface area contributed by atoms with Crippen molar-refractivity contribution in [1.82, 2.24) is 4.90 Å².